The molecule has 2 N–H and O–H groups in total. The fourth-order valence-electron chi connectivity index (χ4n) is 1.67. The Kier molecular flexibility index (Phi) is 5.06. The molecule has 1 aromatic rings. The zero-order valence-electron chi connectivity index (χ0n) is 10.8. The Labute approximate surface area is 108 Å². The summed E-state index contributed by atoms with van der Waals surface area (Å²) >= 11 is 0. The third kappa shape index (κ3) is 2.98. The monoisotopic (exact) mass is 273 g/mol. The van der Waals surface area contributed by atoms with Gasteiger partial charge in [-0.3, -0.25) is 4.98 Å². The highest BCUT2D eigenvalue weighted by molar-refractivity contribution is 7.89. The minimum Gasteiger partial charge on any atom is -0.395 e. The molecule has 6 nitrogen and oxygen atoms in total. The Hall–Kier alpha value is -1.18. The Morgan fingerprint density at radius 3 is 2.67 bits per heavy atom. The molecule has 0 bridgehead atoms. The highest BCUT2D eigenvalue weighted by Crippen LogP contribution is 2.24. The van der Waals surface area contributed by atoms with Crippen molar-refractivity contribution in [3.8, 4) is 0 Å². The van der Waals surface area contributed by atoms with Gasteiger partial charge < -0.3 is 10.4 Å². The topological polar surface area (TPSA) is 82.5 Å². The van der Waals surface area contributed by atoms with E-state index in [0.717, 1.165) is 0 Å². The lowest BCUT2D eigenvalue weighted by Gasteiger charge is -2.25. The normalized spacial score (nSPS) is 12.1. The van der Waals surface area contributed by atoms with E-state index in [9.17, 15) is 8.42 Å². The van der Waals surface area contributed by atoms with E-state index in [1.54, 1.807) is 27.0 Å². The van der Waals surface area contributed by atoms with Crippen LogP contribution in [0.5, 0.6) is 0 Å². The number of aromatic nitrogens is 1. The van der Waals surface area contributed by atoms with Crippen molar-refractivity contribution >= 4 is 15.7 Å². The third-order valence-electron chi connectivity index (χ3n) is 2.54. The van der Waals surface area contributed by atoms with E-state index in [1.807, 2.05) is 0 Å². The van der Waals surface area contributed by atoms with Gasteiger partial charge >= 0.3 is 0 Å². The predicted octanol–water partition coefficient (Wildman–Crippen LogP) is 0.515. The lowest BCUT2D eigenvalue weighted by atomic mass is 10.4. The van der Waals surface area contributed by atoms with Gasteiger partial charge in [0.05, 0.1) is 12.3 Å². The van der Waals surface area contributed by atoms with E-state index >= 15 is 0 Å². The maximum absolute atomic E-state index is 12.5. The Morgan fingerprint density at radius 2 is 2.17 bits per heavy atom. The van der Waals surface area contributed by atoms with Crippen molar-refractivity contribution in [2.75, 3.05) is 25.5 Å². The van der Waals surface area contributed by atoms with Gasteiger partial charge in [-0.25, -0.2) is 8.42 Å². The van der Waals surface area contributed by atoms with E-state index in [1.165, 1.54) is 16.7 Å². The maximum Gasteiger partial charge on any atom is 0.246 e. The molecular weight excluding hydrogens is 254 g/mol. The van der Waals surface area contributed by atoms with E-state index in [2.05, 4.69) is 10.3 Å². The molecule has 0 saturated carbocycles. The van der Waals surface area contributed by atoms with E-state index in [4.69, 9.17) is 5.11 Å². The number of hydrogen-bond acceptors (Lipinski definition) is 5. The third-order valence-corrected chi connectivity index (χ3v) is 4.64. The highest BCUT2D eigenvalue weighted by atomic mass is 32.2. The van der Waals surface area contributed by atoms with E-state index in [0.29, 0.717) is 5.69 Å². The van der Waals surface area contributed by atoms with Crippen LogP contribution >= 0.6 is 0 Å². The molecule has 0 aliphatic heterocycles. The second-order valence-electron chi connectivity index (χ2n) is 4.05. The van der Waals surface area contributed by atoms with Gasteiger partial charge in [0, 0.05) is 32.0 Å². The molecule has 1 aromatic heterocycles. The van der Waals surface area contributed by atoms with Gasteiger partial charge in [-0.05, 0) is 19.9 Å². The highest BCUT2D eigenvalue weighted by Gasteiger charge is 2.28. The van der Waals surface area contributed by atoms with Crippen LogP contribution in [0.4, 0.5) is 5.69 Å². The molecule has 102 valence electrons. The number of hydrogen-bond donors (Lipinski definition) is 2. The molecule has 0 unspecified atom stereocenters. The Balaban J connectivity index is 3.26. The molecule has 0 aliphatic carbocycles. The minimum atomic E-state index is -3.66. The van der Waals surface area contributed by atoms with Crippen LogP contribution in [-0.2, 0) is 10.0 Å². The van der Waals surface area contributed by atoms with Crippen molar-refractivity contribution in [1.82, 2.24) is 9.29 Å². The van der Waals surface area contributed by atoms with Gasteiger partial charge in [0.1, 0.15) is 4.90 Å². The molecule has 0 atom stereocenters. The van der Waals surface area contributed by atoms with E-state index in [-0.39, 0.29) is 24.1 Å². The summed E-state index contributed by atoms with van der Waals surface area (Å²) in [6.45, 7) is 3.38. The molecule has 0 radical (unpaired) electrons. The number of nitrogens with one attached hydrogen (secondary N) is 1. The number of rotatable bonds is 6. The van der Waals surface area contributed by atoms with Crippen LogP contribution in [0.2, 0.25) is 0 Å². The first kappa shape index (κ1) is 14.9. The fourth-order valence-corrected chi connectivity index (χ4v) is 3.44. The molecule has 0 aliphatic rings. The molecule has 1 rings (SSSR count). The smallest absolute Gasteiger partial charge is 0.246 e. The van der Waals surface area contributed by atoms with Crippen LogP contribution in [-0.4, -0.2) is 49.1 Å². The molecule has 0 spiro atoms. The van der Waals surface area contributed by atoms with Crippen molar-refractivity contribution in [1.29, 1.82) is 0 Å². The number of nitrogens with zero attached hydrogens (tertiary/aromatic N) is 2. The summed E-state index contributed by atoms with van der Waals surface area (Å²) in [5.41, 5.74) is 0.494. The van der Waals surface area contributed by atoms with Crippen LogP contribution in [0.3, 0.4) is 0 Å². The Morgan fingerprint density at radius 1 is 1.50 bits per heavy atom. The average molecular weight is 273 g/mol. The standard InChI is InChI=1S/C11H19N3O3S/c1-9(2)14(6-7-15)18(16,17)11-8-13-5-4-10(11)12-3/h4-5,8-9,15H,6-7H2,1-3H3,(H,12,13). The van der Waals surface area contributed by atoms with Crippen molar-refractivity contribution in [3.05, 3.63) is 18.5 Å². The van der Waals surface area contributed by atoms with Gasteiger partial charge in [0.25, 0.3) is 0 Å². The van der Waals surface area contributed by atoms with Crippen molar-refractivity contribution in [2.45, 2.75) is 24.8 Å². The molecule has 0 amide bonds. The lowest BCUT2D eigenvalue weighted by Crippen LogP contribution is -2.39. The molecule has 7 heteroatoms. The summed E-state index contributed by atoms with van der Waals surface area (Å²) in [4.78, 5) is 3.97. The van der Waals surface area contributed by atoms with Crippen molar-refractivity contribution in [3.63, 3.8) is 0 Å². The summed E-state index contributed by atoms with van der Waals surface area (Å²) < 4.78 is 26.2. The summed E-state index contributed by atoms with van der Waals surface area (Å²) in [7, 11) is -2.00. The molecule has 18 heavy (non-hydrogen) atoms. The van der Waals surface area contributed by atoms with Gasteiger partial charge in [-0.2, -0.15) is 4.31 Å². The SMILES string of the molecule is CNc1ccncc1S(=O)(=O)N(CCO)C(C)C. The summed E-state index contributed by atoms with van der Waals surface area (Å²) in [6, 6.07) is 1.37. The minimum absolute atomic E-state index is 0.0675. The second-order valence-corrected chi connectivity index (χ2v) is 5.91. The zero-order valence-corrected chi connectivity index (χ0v) is 11.6. The Bertz CT molecular complexity index is 488. The number of aliphatic hydroxyl groups is 1. The number of anilines is 1. The summed E-state index contributed by atoms with van der Waals surface area (Å²) in [5, 5.41) is 11.8. The summed E-state index contributed by atoms with van der Waals surface area (Å²) in [6.07, 6.45) is 2.84. The van der Waals surface area contributed by atoms with Crippen LogP contribution in [0.15, 0.2) is 23.4 Å². The van der Waals surface area contributed by atoms with Gasteiger partial charge in [0.15, 0.2) is 0 Å². The quantitative estimate of drug-likeness (QED) is 0.789. The number of pyridine rings is 1. The molecule has 1 heterocycles. The number of aliphatic hydroxyl groups excluding tert-OH is 1. The lowest BCUT2D eigenvalue weighted by molar-refractivity contribution is 0.236. The van der Waals surface area contributed by atoms with Gasteiger partial charge in [-0.15, -0.1) is 0 Å². The molecular formula is C11H19N3O3S. The molecule has 0 saturated heterocycles. The average Bonchev–Trinajstić information content (AvgIpc) is 2.35. The van der Waals surface area contributed by atoms with Crippen LogP contribution in [0.1, 0.15) is 13.8 Å². The fraction of sp³-hybridized carbons (Fsp3) is 0.545. The first-order valence-electron chi connectivity index (χ1n) is 5.69. The first-order valence-corrected chi connectivity index (χ1v) is 7.13. The van der Waals surface area contributed by atoms with Gasteiger partial charge in [0.2, 0.25) is 10.0 Å². The van der Waals surface area contributed by atoms with E-state index < -0.39 is 10.0 Å². The molecule has 0 fully saturated rings. The van der Waals surface area contributed by atoms with Crippen molar-refractivity contribution in [2.24, 2.45) is 0 Å². The largest absolute Gasteiger partial charge is 0.395 e. The van der Waals surface area contributed by atoms with Crippen LogP contribution < -0.4 is 5.32 Å². The van der Waals surface area contributed by atoms with Crippen molar-refractivity contribution < 1.29 is 13.5 Å². The predicted molar refractivity (Wildman–Crippen MR) is 69.9 cm³/mol. The first-order chi connectivity index (χ1) is 8.45. The second kappa shape index (κ2) is 6.12. The molecule has 0 aromatic carbocycles. The zero-order chi connectivity index (χ0) is 13.8. The van der Waals surface area contributed by atoms with Crippen LogP contribution in [0.25, 0.3) is 0 Å². The summed E-state index contributed by atoms with van der Waals surface area (Å²) in [5.74, 6) is 0. The number of sulfonamides is 1. The van der Waals surface area contributed by atoms with Gasteiger partial charge in [-0.1, -0.05) is 0 Å². The maximum atomic E-state index is 12.5. The van der Waals surface area contributed by atoms with Crippen LogP contribution in [0, 0.1) is 0 Å².